The van der Waals surface area contributed by atoms with Crippen molar-refractivity contribution in [3.63, 3.8) is 0 Å². The van der Waals surface area contributed by atoms with E-state index < -0.39 is 11.9 Å². The van der Waals surface area contributed by atoms with Crippen molar-refractivity contribution in [2.45, 2.75) is 18.9 Å². The number of nitrogens with zero attached hydrogens (tertiary/aromatic N) is 2. The van der Waals surface area contributed by atoms with Gasteiger partial charge in [-0.3, -0.25) is 9.59 Å². The van der Waals surface area contributed by atoms with Crippen LogP contribution in [0.4, 0.5) is 14.5 Å². The number of carbonyl (C=O) groups excluding carboxylic acids is 2. The third-order valence-electron chi connectivity index (χ3n) is 4.80. The molecule has 1 atom stereocenters. The Morgan fingerprint density at radius 2 is 1.94 bits per heavy atom. The zero-order valence-electron chi connectivity index (χ0n) is 16.4. The van der Waals surface area contributed by atoms with E-state index in [-0.39, 0.29) is 24.1 Å². The molecule has 0 radical (unpaired) electrons. The third-order valence-corrected chi connectivity index (χ3v) is 6.71. The Morgan fingerprint density at radius 1 is 1.13 bits per heavy atom. The van der Waals surface area contributed by atoms with E-state index in [1.54, 1.807) is 18.2 Å². The summed E-state index contributed by atoms with van der Waals surface area (Å²) < 4.78 is 26.4. The van der Waals surface area contributed by atoms with Gasteiger partial charge in [0.2, 0.25) is 11.8 Å². The van der Waals surface area contributed by atoms with Gasteiger partial charge in [0.1, 0.15) is 17.7 Å². The molecule has 1 saturated heterocycles. The number of halogens is 2. The Hall–Kier alpha value is -2.78. The number of amides is 2. The van der Waals surface area contributed by atoms with Crippen molar-refractivity contribution in [3.8, 4) is 0 Å². The molecule has 1 N–H and O–H groups in total. The van der Waals surface area contributed by atoms with Gasteiger partial charge in [-0.25, -0.2) is 13.8 Å². The van der Waals surface area contributed by atoms with Crippen molar-refractivity contribution < 1.29 is 18.4 Å². The summed E-state index contributed by atoms with van der Waals surface area (Å²) in [4.78, 5) is 31.5. The Morgan fingerprint density at radius 3 is 2.71 bits per heavy atom. The fraction of sp³-hybridized carbons (Fsp3) is 0.227. The van der Waals surface area contributed by atoms with Crippen LogP contribution >= 0.6 is 23.1 Å². The number of anilines is 1. The molecule has 0 spiro atoms. The van der Waals surface area contributed by atoms with E-state index in [4.69, 9.17) is 0 Å². The molecule has 3 aromatic rings. The summed E-state index contributed by atoms with van der Waals surface area (Å²) in [6.45, 7) is 0. The van der Waals surface area contributed by atoms with Gasteiger partial charge in [-0.1, -0.05) is 18.2 Å². The topological polar surface area (TPSA) is 62.3 Å². The zero-order chi connectivity index (χ0) is 21.8. The first-order chi connectivity index (χ1) is 15.0. The predicted molar refractivity (Wildman–Crippen MR) is 118 cm³/mol. The van der Waals surface area contributed by atoms with Gasteiger partial charge in [0.05, 0.1) is 23.0 Å². The smallest absolute Gasteiger partial charge is 0.248 e. The zero-order valence-corrected chi connectivity index (χ0v) is 18.0. The molecule has 31 heavy (non-hydrogen) atoms. The van der Waals surface area contributed by atoms with Gasteiger partial charge in [0, 0.05) is 23.2 Å². The Bertz CT molecular complexity index is 1090. The van der Waals surface area contributed by atoms with Gasteiger partial charge in [-0.05, 0) is 35.9 Å². The number of thioether (sulfide) groups is 1. The average molecular weight is 460 g/mol. The minimum Gasteiger partial charge on any atom is -0.324 e. The van der Waals surface area contributed by atoms with Crippen LogP contribution in [0.25, 0.3) is 0 Å². The molecular formula is C22H19F2N3O2S2. The summed E-state index contributed by atoms with van der Waals surface area (Å²) in [5, 5.41) is 5.36. The van der Waals surface area contributed by atoms with Gasteiger partial charge >= 0.3 is 0 Å². The van der Waals surface area contributed by atoms with E-state index in [0.29, 0.717) is 29.4 Å². The van der Waals surface area contributed by atoms with Crippen molar-refractivity contribution in [2.75, 3.05) is 16.9 Å². The van der Waals surface area contributed by atoms with E-state index in [1.165, 1.54) is 58.3 Å². The van der Waals surface area contributed by atoms with Crippen molar-refractivity contribution in [3.05, 3.63) is 81.8 Å². The first kappa shape index (κ1) is 21.5. The maximum absolute atomic E-state index is 13.4. The summed E-state index contributed by atoms with van der Waals surface area (Å²) in [7, 11) is 0. The molecule has 9 heteroatoms. The van der Waals surface area contributed by atoms with Crippen molar-refractivity contribution in [1.29, 1.82) is 0 Å². The Balaban J connectivity index is 1.37. The molecule has 0 saturated carbocycles. The highest BCUT2D eigenvalue weighted by molar-refractivity contribution is 7.99. The fourth-order valence-electron chi connectivity index (χ4n) is 3.24. The predicted octanol–water partition coefficient (Wildman–Crippen LogP) is 4.09. The van der Waals surface area contributed by atoms with Crippen LogP contribution in [0.1, 0.15) is 16.3 Å². The van der Waals surface area contributed by atoms with Crippen molar-refractivity contribution in [1.82, 2.24) is 9.88 Å². The molecule has 1 aliphatic heterocycles. The van der Waals surface area contributed by atoms with Gasteiger partial charge in [0.15, 0.2) is 0 Å². The molecule has 1 aliphatic rings. The lowest BCUT2D eigenvalue weighted by Gasteiger charge is -2.22. The van der Waals surface area contributed by atoms with Crippen LogP contribution in [0, 0.1) is 11.6 Å². The van der Waals surface area contributed by atoms with Crippen LogP contribution in [0.5, 0.6) is 0 Å². The lowest BCUT2D eigenvalue weighted by Crippen LogP contribution is -2.45. The minimum atomic E-state index is -0.613. The molecule has 160 valence electrons. The van der Waals surface area contributed by atoms with E-state index in [2.05, 4.69) is 10.3 Å². The second-order valence-electron chi connectivity index (χ2n) is 7.09. The van der Waals surface area contributed by atoms with Crippen LogP contribution in [0.3, 0.4) is 0 Å². The van der Waals surface area contributed by atoms with E-state index in [1.807, 2.05) is 5.38 Å². The molecule has 2 amide bonds. The number of nitrogens with one attached hydrogen (secondary N) is 1. The SMILES string of the molecule is O=C(Nc1cccc(F)c1)C1CSCN1C(=O)Cc1csc(Cc2ccc(F)cc2)n1. The van der Waals surface area contributed by atoms with Gasteiger partial charge < -0.3 is 10.2 Å². The van der Waals surface area contributed by atoms with E-state index in [9.17, 15) is 18.4 Å². The van der Waals surface area contributed by atoms with E-state index >= 15 is 0 Å². The maximum Gasteiger partial charge on any atom is 0.248 e. The summed E-state index contributed by atoms with van der Waals surface area (Å²) in [6, 6.07) is 11.3. The van der Waals surface area contributed by atoms with Crippen LogP contribution in [-0.2, 0) is 22.4 Å². The molecule has 1 unspecified atom stereocenters. The second kappa shape index (κ2) is 9.57. The number of hydrogen-bond donors (Lipinski definition) is 1. The number of hydrogen-bond acceptors (Lipinski definition) is 5. The summed E-state index contributed by atoms with van der Waals surface area (Å²) in [6.07, 6.45) is 0.668. The van der Waals surface area contributed by atoms with Gasteiger partial charge in [-0.2, -0.15) is 0 Å². The lowest BCUT2D eigenvalue weighted by atomic mass is 10.1. The fourth-order valence-corrected chi connectivity index (χ4v) is 5.25. The molecule has 0 aliphatic carbocycles. The van der Waals surface area contributed by atoms with Gasteiger partial charge in [-0.15, -0.1) is 23.1 Å². The molecule has 5 nitrogen and oxygen atoms in total. The third kappa shape index (κ3) is 5.48. The summed E-state index contributed by atoms with van der Waals surface area (Å²) in [5.41, 5.74) is 1.95. The van der Waals surface area contributed by atoms with Crippen LogP contribution in [0.2, 0.25) is 0 Å². The Labute approximate surface area is 186 Å². The summed E-state index contributed by atoms with van der Waals surface area (Å²) >= 11 is 2.95. The first-order valence-electron chi connectivity index (χ1n) is 9.59. The highest BCUT2D eigenvalue weighted by Crippen LogP contribution is 2.24. The molecular weight excluding hydrogens is 440 g/mol. The highest BCUT2D eigenvalue weighted by atomic mass is 32.2. The Kier molecular flexibility index (Phi) is 6.62. The van der Waals surface area contributed by atoms with Crippen LogP contribution in [-0.4, -0.2) is 39.4 Å². The number of aromatic nitrogens is 1. The average Bonchev–Trinajstić information content (AvgIpc) is 3.39. The molecule has 4 rings (SSSR count). The standard InChI is InChI=1S/C22H19F2N3O2S2/c23-15-6-4-14(5-7-15)8-20-25-18(11-31-20)10-21(28)27-13-30-12-19(27)22(29)26-17-3-1-2-16(24)9-17/h1-7,9,11,19H,8,10,12-13H2,(H,26,29). The highest BCUT2D eigenvalue weighted by Gasteiger charge is 2.34. The molecule has 1 fully saturated rings. The largest absolute Gasteiger partial charge is 0.324 e. The maximum atomic E-state index is 13.4. The molecule has 2 aromatic carbocycles. The quantitative estimate of drug-likeness (QED) is 0.603. The normalized spacial score (nSPS) is 15.8. The van der Waals surface area contributed by atoms with Crippen molar-refractivity contribution in [2.24, 2.45) is 0 Å². The van der Waals surface area contributed by atoms with Crippen LogP contribution in [0.15, 0.2) is 53.9 Å². The first-order valence-corrected chi connectivity index (χ1v) is 11.6. The second-order valence-corrected chi connectivity index (χ2v) is 9.03. The number of thiazole rings is 1. The number of rotatable bonds is 6. The van der Waals surface area contributed by atoms with Crippen molar-refractivity contribution >= 4 is 40.6 Å². The summed E-state index contributed by atoms with van der Waals surface area (Å²) in [5.74, 6) is -0.325. The molecule has 2 heterocycles. The lowest BCUT2D eigenvalue weighted by molar-refractivity contribution is -0.135. The van der Waals surface area contributed by atoms with Crippen LogP contribution < -0.4 is 5.32 Å². The number of benzene rings is 2. The van der Waals surface area contributed by atoms with Gasteiger partial charge in [0.25, 0.3) is 0 Å². The molecule has 0 bridgehead atoms. The monoisotopic (exact) mass is 459 g/mol. The molecule has 1 aromatic heterocycles. The minimum absolute atomic E-state index is 0.101. The number of carbonyl (C=O) groups is 2. The van der Waals surface area contributed by atoms with E-state index in [0.717, 1.165) is 10.6 Å².